The van der Waals surface area contributed by atoms with E-state index >= 15 is 0 Å². The molecule has 2 aromatic rings. The normalized spacial score (nSPS) is 17.6. The van der Waals surface area contributed by atoms with Gasteiger partial charge in [-0.2, -0.15) is 0 Å². The van der Waals surface area contributed by atoms with Gasteiger partial charge in [-0.25, -0.2) is 4.79 Å². The molecular weight excluding hydrogens is 436 g/mol. The summed E-state index contributed by atoms with van der Waals surface area (Å²) in [7, 11) is 0. The minimum absolute atomic E-state index is 0.0381. The van der Waals surface area contributed by atoms with Gasteiger partial charge < -0.3 is 24.6 Å². The van der Waals surface area contributed by atoms with Crippen molar-refractivity contribution in [2.75, 3.05) is 32.8 Å². The second-order valence-electron chi connectivity index (χ2n) is 8.12. The van der Waals surface area contributed by atoms with Crippen molar-refractivity contribution < 1.29 is 24.2 Å². The lowest BCUT2D eigenvalue weighted by Crippen LogP contribution is -2.38. The zero-order valence-corrected chi connectivity index (χ0v) is 20.3. The number of nitrogens with one attached hydrogen (secondary N) is 1. The molecule has 0 unspecified atom stereocenters. The minimum atomic E-state index is -0.837. The number of pyridine rings is 1. The van der Waals surface area contributed by atoms with Crippen molar-refractivity contribution in [2.45, 2.75) is 40.7 Å². The summed E-state index contributed by atoms with van der Waals surface area (Å²) in [5.41, 5.74) is 1.90. The number of rotatable bonds is 9. The van der Waals surface area contributed by atoms with Crippen molar-refractivity contribution in [3.63, 3.8) is 0 Å². The fourth-order valence-electron chi connectivity index (χ4n) is 4.39. The summed E-state index contributed by atoms with van der Waals surface area (Å²) in [5, 5.41) is 11.4. The van der Waals surface area contributed by atoms with E-state index in [-0.39, 0.29) is 23.6 Å². The number of ether oxygens (including phenoxy) is 1. The third kappa shape index (κ3) is 4.61. The van der Waals surface area contributed by atoms with E-state index < -0.39 is 23.7 Å². The molecule has 0 radical (unpaired) electrons. The van der Waals surface area contributed by atoms with E-state index in [1.165, 1.54) is 4.90 Å². The van der Waals surface area contributed by atoms with Gasteiger partial charge in [0.25, 0.3) is 11.7 Å². The highest BCUT2D eigenvalue weighted by atomic mass is 16.5. The lowest BCUT2D eigenvalue weighted by Gasteiger charge is -2.27. The van der Waals surface area contributed by atoms with Crippen LogP contribution >= 0.6 is 0 Å². The second kappa shape index (κ2) is 10.6. The number of hydrogen-bond donors (Lipinski definition) is 2. The molecule has 0 aliphatic carbocycles. The average Bonchev–Trinajstić information content (AvgIpc) is 3.27. The highest BCUT2D eigenvalue weighted by Gasteiger charge is 2.47. The topological polar surface area (TPSA) is 116 Å². The highest BCUT2D eigenvalue weighted by Crippen LogP contribution is 2.40. The molecule has 1 fully saturated rings. The molecule has 0 bridgehead atoms. The van der Waals surface area contributed by atoms with Crippen molar-refractivity contribution in [1.29, 1.82) is 0 Å². The number of nitrogens with zero attached hydrogens (tertiary/aromatic N) is 3. The SMILES string of the molecule is CCOC(=O)c1[nH]c(C)c(C(O)=C2C(=O)C(=O)N(CCN(CC)CC)[C@H]2c2ccccn2)c1C. The molecule has 1 saturated heterocycles. The number of hydrogen-bond acceptors (Lipinski definition) is 7. The van der Waals surface area contributed by atoms with Crippen LogP contribution in [0.4, 0.5) is 0 Å². The number of aromatic nitrogens is 2. The number of H-pyrrole nitrogens is 1. The number of esters is 1. The largest absolute Gasteiger partial charge is 0.507 e. The quantitative estimate of drug-likeness (QED) is 0.252. The third-order valence-corrected chi connectivity index (χ3v) is 6.21. The summed E-state index contributed by atoms with van der Waals surface area (Å²) in [6, 6.07) is 4.42. The summed E-state index contributed by atoms with van der Waals surface area (Å²) < 4.78 is 5.09. The van der Waals surface area contributed by atoms with E-state index in [1.54, 1.807) is 45.2 Å². The number of aliphatic hydroxyl groups excluding tert-OH is 1. The monoisotopic (exact) mass is 468 g/mol. The Hall–Kier alpha value is -3.46. The summed E-state index contributed by atoms with van der Waals surface area (Å²) in [6.45, 7) is 11.8. The zero-order valence-electron chi connectivity index (χ0n) is 20.3. The van der Waals surface area contributed by atoms with Crippen LogP contribution in [0.25, 0.3) is 5.76 Å². The lowest BCUT2D eigenvalue weighted by molar-refractivity contribution is -0.140. The molecule has 1 aliphatic rings. The van der Waals surface area contributed by atoms with Gasteiger partial charge in [-0.05, 0) is 51.6 Å². The molecule has 2 N–H and O–H groups in total. The number of carbonyl (C=O) groups excluding carboxylic acids is 3. The van der Waals surface area contributed by atoms with Gasteiger partial charge in [0.2, 0.25) is 0 Å². The molecule has 182 valence electrons. The summed E-state index contributed by atoms with van der Waals surface area (Å²) in [5.74, 6) is -2.34. The lowest BCUT2D eigenvalue weighted by atomic mass is 9.96. The maximum atomic E-state index is 13.2. The first-order chi connectivity index (χ1) is 16.3. The number of ketones is 1. The Labute approximate surface area is 199 Å². The van der Waals surface area contributed by atoms with Gasteiger partial charge in [0.1, 0.15) is 17.5 Å². The van der Waals surface area contributed by atoms with Crippen LogP contribution < -0.4 is 0 Å². The van der Waals surface area contributed by atoms with Crippen molar-refractivity contribution in [3.8, 4) is 0 Å². The average molecular weight is 469 g/mol. The van der Waals surface area contributed by atoms with Crippen LogP contribution in [0.5, 0.6) is 0 Å². The predicted molar refractivity (Wildman–Crippen MR) is 127 cm³/mol. The second-order valence-corrected chi connectivity index (χ2v) is 8.12. The van der Waals surface area contributed by atoms with E-state index in [2.05, 4.69) is 14.9 Å². The molecule has 3 heterocycles. The number of carbonyl (C=O) groups is 3. The summed E-state index contributed by atoms with van der Waals surface area (Å²) in [6.07, 6.45) is 1.59. The van der Waals surface area contributed by atoms with E-state index in [9.17, 15) is 19.5 Å². The molecule has 3 rings (SSSR count). The van der Waals surface area contributed by atoms with Gasteiger partial charge in [0.05, 0.1) is 17.9 Å². The Morgan fingerprint density at radius 3 is 2.50 bits per heavy atom. The maximum Gasteiger partial charge on any atom is 0.355 e. The molecule has 0 saturated carbocycles. The highest BCUT2D eigenvalue weighted by molar-refractivity contribution is 6.46. The molecule has 9 nitrogen and oxygen atoms in total. The van der Waals surface area contributed by atoms with Crippen molar-refractivity contribution >= 4 is 23.4 Å². The van der Waals surface area contributed by atoms with Gasteiger partial charge in [-0.3, -0.25) is 14.6 Å². The molecule has 0 aromatic carbocycles. The molecule has 1 amide bonds. The number of aryl methyl sites for hydroxylation is 1. The van der Waals surface area contributed by atoms with Crippen molar-refractivity contribution in [1.82, 2.24) is 19.8 Å². The fraction of sp³-hybridized carbons (Fsp3) is 0.440. The molecule has 1 aliphatic heterocycles. The maximum absolute atomic E-state index is 13.2. The molecule has 9 heteroatoms. The van der Waals surface area contributed by atoms with E-state index in [1.807, 2.05) is 13.8 Å². The van der Waals surface area contributed by atoms with Crippen LogP contribution in [-0.4, -0.2) is 75.3 Å². The number of likely N-dealkylation sites (N-methyl/N-ethyl adjacent to an activating group) is 1. The fourth-order valence-corrected chi connectivity index (χ4v) is 4.39. The van der Waals surface area contributed by atoms with Crippen LogP contribution in [0.2, 0.25) is 0 Å². The molecule has 1 atom stereocenters. The van der Waals surface area contributed by atoms with Gasteiger partial charge in [-0.1, -0.05) is 19.9 Å². The number of aliphatic hydroxyl groups is 1. The molecule has 0 spiro atoms. The predicted octanol–water partition coefficient (Wildman–Crippen LogP) is 2.97. The van der Waals surface area contributed by atoms with Gasteiger partial charge >= 0.3 is 5.97 Å². The summed E-state index contributed by atoms with van der Waals surface area (Å²) in [4.78, 5) is 49.6. The summed E-state index contributed by atoms with van der Waals surface area (Å²) >= 11 is 0. The first-order valence-corrected chi connectivity index (χ1v) is 11.5. The zero-order chi connectivity index (χ0) is 25.0. The van der Waals surface area contributed by atoms with Crippen LogP contribution in [-0.2, 0) is 14.3 Å². The molecule has 34 heavy (non-hydrogen) atoms. The van der Waals surface area contributed by atoms with E-state index in [0.717, 1.165) is 13.1 Å². The van der Waals surface area contributed by atoms with Gasteiger partial charge in [0, 0.05) is 30.5 Å². The Kier molecular flexibility index (Phi) is 7.88. The third-order valence-electron chi connectivity index (χ3n) is 6.21. The Bertz CT molecular complexity index is 1100. The van der Waals surface area contributed by atoms with Gasteiger partial charge in [-0.15, -0.1) is 0 Å². The van der Waals surface area contributed by atoms with Crippen LogP contribution in [0, 0.1) is 13.8 Å². The smallest absolute Gasteiger partial charge is 0.355 e. The van der Waals surface area contributed by atoms with Crippen LogP contribution in [0.3, 0.4) is 0 Å². The van der Waals surface area contributed by atoms with Crippen LogP contribution in [0.1, 0.15) is 59.8 Å². The van der Waals surface area contributed by atoms with Crippen LogP contribution in [0.15, 0.2) is 30.0 Å². The number of Topliss-reactive ketones (excluding diaryl/α,β-unsaturated/α-hetero) is 1. The Morgan fingerprint density at radius 2 is 1.91 bits per heavy atom. The van der Waals surface area contributed by atoms with E-state index in [4.69, 9.17) is 4.74 Å². The van der Waals surface area contributed by atoms with Crippen molar-refractivity contribution in [3.05, 3.63) is 58.2 Å². The number of aromatic amines is 1. The molecule has 2 aromatic heterocycles. The standard InChI is InChI=1S/C25H32N4O5/c1-6-28(7-2)13-14-29-21(17-11-9-10-12-26-17)19(23(31)24(29)32)22(30)18-15(4)20(27-16(18)5)25(33)34-8-3/h9-12,21,27,30H,6-8,13-14H2,1-5H3/t21-/m0/s1. The molecular formula is C25H32N4O5. The number of amides is 1. The van der Waals surface area contributed by atoms with Gasteiger partial charge in [0.15, 0.2) is 0 Å². The number of likely N-dealkylation sites (tertiary alicyclic amines) is 1. The first kappa shape index (κ1) is 25.2. The Balaban J connectivity index is 2.14. The van der Waals surface area contributed by atoms with Crippen molar-refractivity contribution in [2.24, 2.45) is 0 Å². The Morgan fingerprint density at radius 1 is 1.21 bits per heavy atom. The van der Waals surface area contributed by atoms with E-state index in [0.29, 0.717) is 35.6 Å². The minimum Gasteiger partial charge on any atom is -0.507 e. The first-order valence-electron chi connectivity index (χ1n) is 11.5.